The van der Waals surface area contributed by atoms with Gasteiger partial charge in [-0.25, -0.2) is 9.78 Å². The van der Waals surface area contributed by atoms with Gasteiger partial charge in [-0.1, -0.05) is 18.2 Å². The van der Waals surface area contributed by atoms with E-state index in [-0.39, 0.29) is 11.5 Å². The van der Waals surface area contributed by atoms with Gasteiger partial charge in [0.1, 0.15) is 17.0 Å². The van der Waals surface area contributed by atoms with Crippen LogP contribution < -0.4 is 15.4 Å². The number of carbonyl (C=O) groups excluding carboxylic acids is 1. The number of rotatable bonds is 3. The number of aromatic nitrogens is 2. The smallest absolute Gasteiger partial charge is 0.349 e. The van der Waals surface area contributed by atoms with E-state index in [9.17, 15) is 9.59 Å². The molecule has 5 rings (SSSR count). The van der Waals surface area contributed by atoms with Gasteiger partial charge in [-0.3, -0.25) is 4.79 Å². The average Bonchev–Trinajstić information content (AvgIpc) is 2.83. The molecule has 32 heavy (non-hydrogen) atoms. The van der Waals surface area contributed by atoms with E-state index in [1.165, 1.54) is 19.3 Å². The normalized spacial score (nSPS) is 17.1. The Labute approximate surface area is 186 Å². The van der Waals surface area contributed by atoms with Crippen LogP contribution in [0.3, 0.4) is 0 Å². The van der Waals surface area contributed by atoms with Crippen LogP contribution in [0.5, 0.6) is 0 Å². The highest BCUT2D eigenvalue weighted by molar-refractivity contribution is 5.96. The first-order valence-corrected chi connectivity index (χ1v) is 11.3. The lowest BCUT2D eigenvalue weighted by atomic mass is 10.1. The van der Waals surface area contributed by atoms with Gasteiger partial charge in [-0.15, -0.1) is 0 Å². The molecule has 2 aromatic heterocycles. The van der Waals surface area contributed by atoms with Crippen molar-refractivity contribution in [3.8, 4) is 0 Å². The highest BCUT2D eigenvalue weighted by atomic mass is 16.4. The quantitative estimate of drug-likeness (QED) is 0.588. The van der Waals surface area contributed by atoms with Gasteiger partial charge < -0.3 is 19.1 Å². The van der Waals surface area contributed by atoms with Crippen molar-refractivity contribution in [1.82, 2.24) is 14.9 Å². The molecule has 0 atom stereocenters. The maximum atomic E-state index is 13.0. The molecule has 8 heteroatoms. The van der Waals surface area contributed by atoms with Crippen molar-refractivity contribution in [2.75, 3.05) is 49.1 Å². The Kier molecular flexibility index (Phi) is 5.51. The molecule has 8 nitrogen and oxygen atoms in total. The average molecular weight is 434 g/mol. The van der Waals surface area contributed by atoms with Crippen molar-refractivity contribution >= 4 is 28.6 Å². The second kappa shape index (κ2) is 8.61. The number of nitrogens with zero attached hydrogens (tertiary/aromatic N) is 5. The van der Waals surface area contributed by atoms with Crippen LogP contribution >= 0.6 is 0 Å². The van der Waals surface area contributed by atoms with Crippen molar-refractivity contribution in [3.63, 3.8) is 0 Å². The highest BCUT2D eigenvalue weighted by Crippen LogP contribution is 2.22. The first-order valence-electron chi connectivity index (χ1n) is 11.3. The molecule has 2 aliphatic heterocycles. The number of amides is 1. The van der Waals surface area contributed by atoms with Crippen LogP contribution in [0.4, 0.5) is 11.8 Å². The lowest BCUT2D eigenvalue weighted by molar-refractivity contribution is 0.0742. The fraction of sp³-hybridized carbons (Fsp3) is 0.417. The molecular formula is C24H27N5O3. The maximum Gasteiger partial charge on any atom is 0.349 e. The zero-order chi connectivity index (χ0) is 22.1. The van der Waals surface area contributed by atoms with Crippen molar-refractivity contribution in [2.45, 2.75) is 26.2 Å². The molecule has 0 N–H and O–H groups in total. The van der Waals surface area contributed by atoms with Crippen molar-refractivity contribution in [1.29, 1.82) is 0 Å². The number of fused-ring (bicyclic) bond motifs is 1. The summed E-state index contributed by atoms with van der Waals surface area (Å²) >= 11 is 0. The molecule has 0 saturated carbocycles. The number of carbonyl (C=O) groups is 1. The molecule has 0 aliphatic carbocycles. The molecule has 3 aromatic rings. The Morgan fingerprint density at radius 3 is 2.44 bits per heavy atom. The summed E-state index contributed by atoms with van der Waals surface area (Å²) in [5.74, 6) is 1.41. The molecule has 1 aromatic carbocycles. The maximum absolute atomic E-state index is 13.0. The molecule has 0 spiro atoms. The number of hydrogen-bond donors (Lipinski definition) is 0. The minimum absolute atomic E-state index is 0.0799. The Balaban J connectivity index is 1.30. The minimum Gasteiger partial charge on any atom is -0.422 e. The van der Waals surface area contributed by atoms with Gasteiger partial charge in [0.2, 0.25) is 5.95 Å². The third-order valence-electron chi connectivity index (χ3n) is 6.23. The van der Waals surface area contributed by atoms with Gasteiger partial charge in [-0.2, -0.15) is 4.98 Å². The van der Waals surface area contributed by atoms with Gasteiger partial charge in [0, 0.05) is 56.4 Å². The fourth-order valence-electron chi connectivity index (χ4n) is 4.45. The van der Waals surface area contributed by atoms with E-state index in [0.29, 0.717) is 37.7 Å². The standard InChI is InChI=1S/C24H27N5O3/c1-17-15-21(27-9-5-2-6-10-27)26-24(25-17)29-13-11-28(12-14-29)22(30)19-16-18-7-3-4-8-20(18)32-23(19)31/h3-4,7-8,15-16H,2,5-6,9-14H2,1H3. The number of piperidine rings is 1. The number of anilines is 2. The Morgan fingerprint density at radius 2 is 1.66 bits per heavy atom. The van der Waals surface area contributed by atoms with E-state index in [4.69, 9.17) is 9.40 Å². The second-order valence-electron chi connectivity index (χ2n) is 8.48. The van der Waals surface area contributed by atoms with Crippen LogP contribution in [0.1, 0.15) is 35.3 Å². The van der Waals surface area contributed by atoms with Gasteiger partial charge in [0.15, 0.2) is 0 Å². The summed E-state index contributed by atoms with van der Waals surface area (Å²) in [6, 6.07) is 10.9. The predicted molar refractivity (Wildman–Crippen MR) is 123 cm³/mol. The van der Waals surface area contributed by atoms with E-state index in [0.717, 1.165) is 30.0 Å². The molecule has 166 valence electrons. The summed E-state index contributed by atoms with van der Waals surface area (Å²) in [5, 5.41) is 0.743. The topological polar surface area (TPSA) is 82.8 Å². The fourth-order valence-corrected chi connectivity index (χ4v) is 4.45. The molecule has 1 amide bonds. The summed E-state index contributed by atoms with van der Waals surface area (Å²) < 4.78 is 5.34. The molecule has 2 aliphatic rings. The SMILES string of the molecule is Cc1cc(N2CCCCC2)nc(N2CCN(C(=O)c3cc4ccccc4oc3=O)CC2)n1. The molecule has 4 heterocycles. The van der Waals surface area contributed by atoms with Crippen molar-refractivity contribution in [2.24, 2.45) is 0 Å². The monoisotopic (exact) mass is 433 g/mol. The first kappa shape index (κ1) is 20.5. The van der Waals surface area contributed by atoms with Gasteiger partial charge in [0.05, 0.1) is 0 Å². The van der Waals surface area contributed by atoms with E-state index >= 15 is 0 Å². The number of hydrogen-bond acceptors (Lipinski definition) is 7. The van der Waals surface area contributed by atoms with Gasteiger partial charge in [0.25, 0.3) is 5.91 Å². The van der Waals surface area contributed by atoms with Crippen LogP contribution in [-0.2, 0) is 0 Å². The van der Waals surface area contributed by atoms with E-state index in [2.05, 4.69) is 14.8 Å². The molecule has 0 unspecified atom stereocenters. The van der Waals surface area contributed by atoms with Crippen molar-refractivity contribution < 1.29 is 9.21 Å². The van der Waals surface area contributed by atoms with Gasteiger partial charge >= 0.3 is 5.63 Å². The number of para-hydroxylation sites is 1. The molecule has 2 fully saturated rings. The first-order chi connectivity index (χ1) is 15.6. The van der Waals surface area contributed by atoms with Crippen molar-refractivity contribution in [3.05, 3.63) is 58.1 Å². The number of piperazine rings is 1. The minimum atomic E-state index is -0.593. The summed E-state index contributed by atoms with van der Waals surface area (Å²) in [4.78, 5) is 41.0. The zero-order valence-corrected chi connectivity index (χ0v) is 18.3. The van der Waals surface area contributed by atoms with Crippen LogP contribution in [0.15, 0.2) is 45.6 Å². The molecule has 0 bridgehead atoms. The number of benzene rings is 1. The largest absolute Gasteiger partial charge is 0.422 e. The highest BCUT2D eigenvalue weighted by Gasteiger charge is 2.26. The molecule has 2 saturated heterocycles. The lowest BCUT2D eigenvalue weighted by Crippen LogP contribution is -2.50. The predicted octanol–water partition coefficient (Wildman–Crippen LogP) is 2.84. The lowest BCUT2D eigenvalue weighted by Gasteiger charge is -2.35. The summed E-state index contributed by atoms with van der Waals surface area (Å²) in [7, 11) is 0. The third-order valence-corrected chi connectivity index (χ3v) is 6.23. The second-order valence-corrected chi connectivity index (χ2v) is 8.48. The Hall–Kier alpha value is -3.42. The van der Waals surface area contributed by atoms with E-state index in [1.807, 2.05) is 25.1 Å². The third kappa shape index (κ3) is 4.04. The summed E-state index contributed by atoms with van der Waals surface area (Å²) in [5.41, 5.74) is 0.920. The molecular weight excluding hydrogens is 406 g/mol. The summed E-state index contributed by atoms with van der Waals surface area (Å²) in [6.07, 6.45) is 3.67. The zero-order valence-electron chi connectivity index (χ0n) is 18.3. The number of aryl methyl sites for hydroxylation is 1. The van der Waals surface area contributed by atoms with E-state index < -0.39 is 5.63 Å². The van der Waals surface area contributed by atoms with Crippen LogP contribution in [-0.4, -0.2) is 60.0 Å². The molecule has 0 radical (unpaired) electrons. The van der Waals surface area contributed by atoms with Crippen LogP contribution in [0.25, 0.3) is 11.0 Å². The van der Waals surface area contributed by atoms with Crippen LogP contribution in [0.2, 0.25) is 0 Å². The van der Waals surface area contributed by atoms with E-state index in [1.54, 1.807) is 23.1 Å². The summed E-state index contributed by atoms with van der Waals surface area (Å²) in [6.45, 7) is 6.31. The van der Waals surface area contributed by atoms with Gasteiger partial charge in [-0.05, 0) is 38.3 Å². The Bertz CT molecular complexity index is 1190. The van der Waals surface area contributed by atoms with Crippen LogP contribution in [0, 0.1) is 6.92 Å². The Morgan fingerprint density at radius 1 is 0.906 bits per heavy atom.